The van der Waals surface area contributed by atoms with Crippen molar-refractivity contribution in [3.63, 3.8) is 0 Å². The minimum atomic E-state index is -0.509. The molecule has 2 fully saturated rings. The number of fused-ring (bicyclic) bond motifs is 2. The highest BCUT2D eigenvalue weighted by Gasteiger charge is 2.38. The summed E-state index contributed by atoms with van der Waals surface area (Å²) in [4.78, 5) is 23.5. The molecule has 158 valence electrons. The van der Waals surface area contributed by atoms with Crippen LogP contribution >= 0.6 is 0 Å². The van der Waals surface area contributed by atoms with Crippen LogP contribution in [0.5, 0.6) is 0 Å². The number of hydrogen-bond donors (Lipinski definition) is 0. The smallest absolute Gasteiger partial charge is 0.410 e. The fraction of sp³-hybridized carbons (Fsp3) is 0.522. The Morgan fingerprint density at radius 3 is 2.80 bits per heavy atom. The van der Waals surface area contributed by atoms with Crippen LogP contribution in [0.3, 0.4) is 0 Å². The van der Waals surface area contributed by atoms with E-state index in [0.29, 0.717) is 30.2 Å². The summed E-state index contributed by atoms with van der Waals surface area (Å²) >= 11 is 0. The number of nitrogens with zero attached hydrogens (tertiary/aromatic N) is 5. The average Bonchev–Trinajstić information content (AvgIpc) is 2.71. The van der Waals surface area contributed by atoms with E-state index in [1.165, 1.54) is 0 Å². The Balaban J connectivity index is 1.60. The van der Waals surface area contributed by atoms with Crippen LogP contribution in [-0.4, -0.2) is 71.3 Å². The summed E-state index contributed by atoms with van der Waals surface area (Å²) in [7, 11) is 0. The zero-order valence-corrected chi connectivity index (χ0v) is 18.1. The molecule has 7 nitrogen and oxygen atoms in total. The zero-order chi connectivity index (χ0) is 22.3. The first-order chi connectivity index (χ1) is 14.7. The van der Waals surface area contributed by atoms with E-state index in [2.05, 4.69) is 27.8 Å². The molecule has 0 saturated carbocycles. The number of hydrogen-bond acceptors (Lipinski definition) is 6. The minimum Gasteiger partial charge on any atom is -0.444 e. The van der Waals surface area contributed by atoms with Crippen molar-refractivity contribution in [1.82, 2.24) is 14.8 Å². The number of benzene rings is 1. The van der Waals surface area contributed by atoms with E-state index in [-0.39, 0.29) is 18.3 Å². The highest BCUT2D eigenvalue weighted by Crippen LogP contribution is 2.32. The van der Waals surface area contributed by atoms with Gasteiger partial charge in [0.25, 0.3) is 0 Å². The Morgan fingerprint density at radius 1 is 1.27 bits per heavy atom. The highest BCUT2D eigenvalue weighted by molar-refractivity contribution is 5.95. The normalized spacial score (nSPS) is 23.0. The molecule has 0 N–H and O–H groups in total. The molecule has 1 amide bonds. The van der Waals surface area contributed by atoms with Gasteiger partial charge in [0.1, 0.15) is 11.7 Å². The molecule has 7 heteroatoms. The average molecular weight is 409 g/mol. The maximum absolute atomic E-state index is 12.6. The topological polar surface area (TPSA) is 72.7 Å². The molecule has 2 aliphatic rings. The standard InChI is InChI=1S/C23H29N5O2/c1-16-13-27(20-8-7-17(12-24)21-19(20)6-5-9-25-21)15-18-14-26(10-11-28(16)18)22(29)30-23(2,3)4/h5-9,16,18H,10-11,13-15H2,1-4H3/t16-,18-/m0/s1/i9D. The van der Waals surface area contributed by atoms with Gasteiger partial charge in [0.2, 0.25) is 0 Å². The summed E-state index contributed by atoms with van der Waals surface area (Å²) in [5, 5.41) is 10.3. The molecule has 0 bridgehead atoms. The van der Waals surface area contributed by atoms with Gasteiger partial charge in [-0.05, 0) is 52.0 Å². The molecule has 4 rings (SSSR count). The van der Waals surface area contributed by atoms with E-state index in [1.54, 1.807) is 12.1 Å². The van der Waals surface area contributed by atoms with Gasteiger partial charge in [0, 0.05) is 62.1 Å². The van der Waals surface area contributed by atoms with Gasteiger partial charge in [0.05, 0.1) is 12.5 Å². The number of amides is 1. The molecule has 2 aliphatic heterocycles. The summed E-state index contributed by atoms with van der Waals surface area (Å²) in [5.41, 5.74) is 1.56. The number of aromatic nitrogens is 1. The van der Waals surface area contributed by atoms with Crippen molar-refractivity contribution in [2.75, 3.05) is 37.6 Å². The molecular formula is C23H29N5O2. The van der Waals surface area contributed by atoms with E-state index < -0.39 is 5.60 Å². The van der Waals surface area contributed by atoms with Gasteiger partial charge in [-0.15, -0.1) is 0 Å². The van der Waals surface area contributed by atoms with Crippen LogP contribution in [0, 0.1) is 11.3 Å². The molecule has 3 heterocycles. The maximum atomic E-state index is 12.6. The quantitative estimate of drug-likeness (QED) is 0.721. The Kier molecular flexibility index (Phi) is 4.95. The second-order valence-corrected chi connectivity index (χ2v) is 9.15. The summed E-state index contributed by atoms with van der Waals surface area (Å²) in [6.45, 7) is 11.6. The van der Waals surface area contributed by atoms with E-state index in [1.807, 2.05) is 37.8 Å². The first-order valence-electron chi connectivity index (χ1n) is 11.0. The lowest BCUT2D eigenvalue weighted by Gasteiger charge is -2.51. The van der Waals surface area contributed by atoms with Crippen molar-refractivity contribution in [2.45, 2.75) is 45.4 Å². The SMILES string of the molecule is [2H]c1ccc2c(N3C[C@@H]4CN(C(=O)OC(C)(C)C)CCN4[C@@H](C)C3)ccc(C#N)c2n1. The summed E-state index contributed by atoms with van der Waals surface area (Å²) in [6, 6.07) is 10.0. The molecule has 2 atom stereocenters. The number of anilines is 1. The van der Waals surface area contributed by atoms with Gasteiger partial charge in [0.15, 0.2) is 0 Å². The lowest BCUT2D eigenvalue weighted by atomic mass is 10.0. The van der Waals surface area contributed by atoms with Gasteiger partial charge < -0.3 is 14.5 Å². The minimum absolute atomic E-state index is 0.152. The van der Waals surface area contributed by atoms with Crippen LogP contribution in [0.1, 0.15) is 34.6 Å². The largest absolute Gasteiger partial charge is 0.444 e. The number of pyridine rings is 1. The Hall–Kier alpha value is -2.85. The first kappa shape index (κ1) is 19.1. The van der Waals surface area contributed by atoms with Gasteiger partial charge in [-0.2, -0.15) is 5.26 Å². The maximum Gasteiger partial charge on any atom is 0.410 e. The molecule has 0 radical (unpaired) electrons. The molecule has 2 saturated heterocycles. The fourth-order valence-electron chi connectivity index (χ4n) is 4.52. The third kappa shape index (κ3) is 3.92. The van der Waals surface area contributed by atoms with Crippen molar-refractivity contribution >= 4 is 22.7 Å². The zero-order valence-electron chi connectivity index (χ0n) is 19.1. The number of piperazine rings is 2. The summed E-state index contributed by atoms with van der Waals surface area (Å²) in [6.07, 6.45) is -0.104. The third-order valence-electron chi connectivity index (χ3n) is 5.82. The molecule has 0 aliphatic carbocycles. The second kappa shape index (κ2) is 7.77. The number of ether oxygens (including phenoxy) is 1. The third-order valence-corrected chi connectivity index (χ3v) is 5.82. The monoisotopic (exact) mass is 408 g/mol. The Labute approximate surface area is 179 Å². The molecule has 0 unspecified atom stereocenters. The predicted molar refractivity (Wildman–Crippen MR) is 116 cm³/mol. The highest BCUT2D eigenvalue weighted by atomic mass is 16.6. The fourth-order valence-corrected chi connectivity index (χ4v) is 4.52. The Bertz CT molecular complexity index is 1040. The number of nitriles is 1. The van der Waals surface area contributed by atoms with Crippen LogP contribution in [0.4, 0.5) is 10.5 Å². The second-order valence-electron chi connectivity index (χ2n) is 9.15. The van der Waals surface area contributed by atoms with Crippen LogP contribution in [0.25, 0.3) is 10.9 Å². The lowest BCUT2D eigenvalue weighted by molar-refractivity contribution is -0.00654. The van der Waals surface area contributed by atoms with Gasteiger partial charge in [-0.1, -0.05) is 0 Å². The van der Waals surface area contributed by atoms with Crippen molar-refractivity contribution in [3.05, 3.63) is 36.0 Å². The summed E-state index contributed by atoms with van der Waals surface area (Å²) < 4.78 is 13.4. The number of carbonyl (C=O) groups is 1. The van der Waals surface area contributed by atoms with Gasteiger partial charge >= 0.3 is 6.09 Å². The molecule has 30 heavy (non-hydrogen) atoms. The van der Waals surface area contributed by atoms with Crippen LogP contribution in [0.2, 0.25) is 0 Å². The van der Waals surface area contributed by atoms with Gasteiger partial charge in [-0.3, -0.25) is 9.88 Å². The van der Waals surface area contributed by atoms with Crippen molar-refractivity contribution in [2.24, 2.45) is 0 Å². The number of carbonyl (C=O) groups excluding carboxylic acids is 1. The van der Waals surface area contributed by atoms with Crippen LogP contribution in [0.15, 0.2) is 30.4 Å². The van der Waals surface area contributed by atoms with E-state index >= 15 is 0 Å². The number of rotatable bonds is 1. The van der Waals surface area contributed by atoms with Gasteiger partial charge in [-0.25, -0.2) is 4.79 Å². The predicted octanol–water partition coefficient (Wildman–Crippen LogP) is 3.24. The molecular weight excluding hydrogens is 378 g/mol. The Morgan fingerprint density at radius 2 is 2.07 bits per heavy atom. The van der Waals surface area contributed by atoms with Crippen LogP contribution < -0.4 is 4.90 Å². The van der Waals surface area contributed by atoms with Crippen molar-refractivity contribution in [1.29, 1.82) is 5.26 Å². The van der Waals surface area contributed by atoms with Crippen LogP contribution in [-0.2, 0) is 4.74 Å². The van der Waals surface area contributed by atoms with Crippen molar-refractivity contribution < 1.29 is 10.9 Å². The molecule has 1 aromatic carbocycles. The lowest BCUT2D eigenvalue weighted by Crippen LogP contribution is -2.66. The molecule has 0 spiro atoms. The summed E-state index contributed by atoms with van der Waals surface area (Å²) in [5.74, 6) is 0. The van der Waals surface area contributed by atoms with Crippen molar-refractivity contribution in [3.8, 4) is 6.07 Å². The van der Waals surface area contributed by atoms with E-state index in [4.69, 9.17) is 6.11 Å². The van der Waals surface area contributed by atoms with E-state index in [0.717, 1.165) is 30.7 Å². The molecule has 1 aromatic heterocycles. The molecule has 2 aromatic rings. The first-order valence-corrected chi connectivity index (χ1v) is 10.5. The van der Waals surface area contributed by atoms with E-state index in [9.17, 15) is 10.1 Å².